The normalized spacial score (nSPS) is 10.6. The van der Waals surface area contributed by atoms with Gasteiger partial charge < -0.3 is 15.6 Å². The quantitative estimate of drug-likeness (QED) is 0.639. The van der Waals surface area contributed by atoms with Gasteiger partial charge in [0.2, 0.25) is 0 Å². The van der Waals surface area contributed by atoms with Crippen LogP contribution >= 0.6 is 0 Å². The summed E-state index contributed by atoms with van der Waals surface area (Å²) in [5.74, 6) is -1.38. The number of rotatable bonds is 4. The van der Waals surface area contributed by atoms with E-state index in [1.54, 1.807) is 24.5 Å². The fraction of sp³-hybridized carbons (Fsp3) is 0.211. The molecule has 3 N–H and O–H groups in total. The van der Waals surface area contributed by atoms with Gasteiger partial charge in [-0.2, -0.15) is 0 Å². The number of aryl methyl sites for hydroxylation is 2. The molecule has 0 atom stereocenters. The zero-order valence-electron chi connectivity index (χ0n) is 14.2. The fourth-order valence-electron chi connectivity index (χ4n) is 2.77. The molecule has 3 aromatic rings. The molecule has 0 aliphatic carbocycles. The Morgan fingerprint density at radius 3 is 2.36 bits per heavy atom. The maximum absolute atomic E-state index is 12.3. The van der Waals surface area contributed by atoms with E-state index in [1.807, 2.05) is 32.0 Å². The molecule has 6 heteroatoms. The van der Waals surface area contributed by atoms with Crippen molar-refractivity contribution in [3.8, 4) is 0 Å². The maximum atomic E-state index is 12.3. The highest BCUT2D eigenvalue weighted by atomic mass is 16.2. The molecule has 0 saturated carbocycles. The van der Waals surface area contributed by atoms with Gasteiger partial charge in [-0.3, -0.25) is 9.59 Å². The number of aromatic amines is 1. The number of benzene rings is 2. The number of H-pyrrole nitrogens is 1. The first-order valence-electron chi connectivity index (χ1n) is 8.28. The van der Waals surface area contributed by atoms with E-state index >= 15 is 0 Å². The van der Waals surface area contributed by atoms with Gasteiger partial charge in [0.25, 0.3) is 0 Å². The largest absolute Gasteiger partial charge is 0.345 e. The number of anilines is 2. The van der Waals surface area contributed by atoms with Crippen molar-refractivity contribution >= 4 is 34.2 Å². The third-order valence-electron chi connectivity index (χ3n) is 4.12. The Morgan fingerprint density at radius 1 is 1.00 bits per heavy atom. The van der Waals surface area contributed by atoms with Crippen LogP contribution in [0.5, 0.6) is 0 Å². The minimum atomic E-state index is -0.702. The average molecular weight is 336 g/mol. The Bertz CT molecular complexity index is 908. The summed E-state index contributed by atoms with van der Waals surface area (Å²) in [6, 6.07) is 11.1. The number of aromatic nitrogens is 2. The summed E-state index contributed by atoms with van der Waals surface area (Å²) < 4.78 is 0. The summed E-state index contributed by atoms with van der Waals surface area (Å²) in [5.41, 5.74) is 4.89. The van der Waals surface area contributed by atoms with Crippen molar-refractivity contribution in [3.63, 3.8) is 0 Å². The van der Waals surface area contributed by atoms with Crippen molar-refractivity contribution in [1.82, 2.24) is 9.97 Å². The number of hydrogen-bond acceptors (Lipinski definition) is 3. The molecular weight excluding hydrogens is 316 g/mol. The van der Waals surface area contributed by atoms with Crippen molar-refractivity contribution in [2.75, 3.05) is 10.6 Å². The van der Waals surface area contributed by atoms with Crippen LogP contribution in [0.2, 0.25) is 0 Å². The summed E-state index contributed by atoms with van der Waals surface area (Å²) >= 11 is 0. The molecule has 0 bridgehead atoms. The molecule has 0 aliphatic heterocycles. The van der Waals surface area contributed by atoms with E-state index in [1.165, 1.54) is 0 Å². The summed E-state index contributed by atoms with van der Waals surface area (Å²) in [4.78, 5) is 31.7. The van der Waals surface area contributed by atoms with Gasteiger partial charge in [-0.05, 0) is 42.2 Å². The predicted molar refractivity (Wildman–Crippen MR) is 98.6 cm³/mol. The van der Waals surface area contributed by atoms with Gasteiger partial charge in [0.1, 0.15) is 0 Å². The number of hydrogen-bond donors (Lipinski definition) is 3. The predicted octanol–water partition coefficient (Wildman–Crippen LogP) is 3.26. The number of fused-ring (bicyclic) bond motifs is 1. The minimum absolute atomic E-state index is 0.538. The van der Waals surface area contributed by atoms with Gasteiger partial charge in [0, 0.05) is 11.4 Å². The number of carbonyl (C=O) groups is 2. The molecule has 128 valence electrons. The average Bonchev–Trinajstić information content (AvgIpc) is 3.09. The van der Waals surface area contributed by atoms with Crippen LogP contribution in [-0.2, 0) is 22.4 Å². The van der Waals surface area contributed by atoms with E-state index in [4.69, 9.17) is 0 Å². The lowest BCUT2D eigenvalue weighted by Crippen LogP contribution is -2.29. The van der Waals surface area contributed by atoms with E-state index in [0.29, 0.717) is 5.69 Å². The lowest BCUT2D eigenvalue weighted by atomic mass is 10.0. The second-order valence-corrected chi connectivity index (χ2v) is 5.70. The SMILES string of the molecule is CCc1cccc(CC)c1NC(=O)C(=O)Nc1ccc2nc[nH]c2c1. The highest BCUT2D eigenvalue weighted by Crippen LogP contribution is 2.22. The standard InChI is InChI=1S/C19H20N4O2/c1-3-12-6-5-7-13(4-2)17(12)23-19(25)18(24)22-14-8-9-15-16(10-14)21-11-20-15/h5-11H,3-4H2,1-2H3,(H,20,21)(H,22,24)(H,23,25). The first-order valence-corrected chi connectivity index (χ1v) is 8.28. The third kappa shape index (κ3) is 3.52. The highest BCUT2D eigenvalue weighted by Gasteiger charge is 2.17. The van der Waals surface area contributed by atoms with Crippen molar-refractivity contribution < 1.29 is 9.59 Å². The van der Waals surface area contributed by atoms with E-state index in [9.17, 15) is 9.59 Å². The summed E-state index contributed by atoms with van der Waals surface area (Å²) in [7, 11) is 0. The van der Waals surface area contributed by atoms with Gasteiger partial charge in [-0.1, -0.05) is 32.0 Å². The summed E-state index contributed by atoms with van der Waals surface area (Å²) in [6.45, 7) is 4.04. The van der Waals surface area contributed by atoms with Crippen LogP contribution in [0.4, 0.5) is 11.4 Å². The van der Waals surface area contributed by atoms with Crippen LogP contribution in [0, 0.1) is 0 Å². The smallest absolute Gasteiger partial charge is 0.314 e. The topological polar surface area (TPSA) is 86.9 Å². The molecule has 1 heterocycles. The van der Waals surface area contributed by atoms with E-state index < -0.39 is 11.8 Å². The third-order valence-corrected chi connectivity index (χ3v) is 4.12. The molecule has 6 nitrogen and oxygen atoms in total. The van der Waals surface area contributed by atoms with Crippen molar-refractivity contribution in [3.05, 3.63) is 53.9 Å². The molecular formula is C19H20N4O2. The zero-order chi connectivity index (χ0) is 17.8. The fourth-order valence-corrected chi connectivity index (χ4v) is 2.77. The lowest BCUT2D eigenvalue weighted by Gasteiger charge is -2.14. The Balaban J connectivity index is 1.76. The van der Waals surface area contributed by atoms with Gasteiger partial charge >= 0.3 is 11.8 Å². The molecule has 0 fully saturated rings. The Morgan fingerprint density at radius 2 is 1.68 bits per heavy atom. The lowest BCUT2D eigenvalue weighted by molar-refractivity contribution is -0.133. The molecule has 2 amide bonds. The summed E-state index contributed by atoms with van der Waals surface area (Å²) in [5, 5.41) is 5.38. The Labute approximate surface area is 145 Å². The second-order valence-electron chi connectivity index (χ2n) is 5.70. The van der Waals surface area contributed by atoms with Crippen LogP contribution < -0.4 is 10.6 Å². The zero-order valence-corrected chi connectivity index (χ0v) is 14.2. The van der Waals surface area contributed by atoms with E-state index in [-0.39, 0.29) is 0 Å². The molecule has 2 aromatic carbocycles. The first-order chi connectivity index (χ1) is 12.1. The van der Waals surface area contributed by atoms with Crippen LogP contribution in [0.1, 0.15) is 25.0 Å². The van der Waals surface area contributed by atoms with Crippen LogP contribution in [0.25, 0.3) is 11.0 Å². The highest BCUT2D eigenvalue weighted by molar-refractivity contribution is 6.43. The van der Waals surface area contributed by atoms with Crippen LogP contribution in [-0.4, -0.2) is 21.8 Å². The minimum Gasteiger partial charge on any atom is -0.345 e. The molecule has 0 aliphatic rings. The van der Waals surface area contributed by atoms with E-state index in [0.717, 1.165) is 40.7 Å². The van der Waals surface area contributed by atoms with Crippen molar-refractivity contribution in [2.24, 2.45) is 0 Å². The molecule has 0 unspecified atom stereocenters. The molecule has 0 saturated heterocycles. The van der Waals surface area contributed by atoms with Gasteiger partial charge in [-0.15, -0.1) is 0 Å². The van der Waals surface area contributed by atoms with Gasteiger partial charge in [-0.25, -0.2) is 4.98 Å². The molecule has 0 spiro atoms. The van der Waals surface area contributed by atoms with Crippen LogP contribution in [0.15, 0.2) is 42.7 Å². The first kappa shape index (κ1) is 16.7. The van der Waals surface area contributed by atoms with Crippen molar-refractivity contribution in [2.45, 2.75) is 26.7 Å². The number of imidazole rings is 1. The maximum Gasteiger partial charge on any atom is 0.314 e. The second kappa shape index (κ2) is 7.17. The number of nitrogens with one attached hydrogen (secondary N) is 3. The van der Waals surface area contributed by atoms with E-state index in [2.05, 4.69) is 20.6 Å². The number of carbonyl (C=O) groups excluding carboxylic acids is 2. The monoisotopic (exact) mass is 336 g/mol. The molecule has 3 rings (SSSR count). The van der Waals surface area contributed by atoms with Crippen molar-refractivity contribution in [1.29, 1.82) is 0 Å². The van der Waals surface area contributed by atoms with Gasteiger partial charge in [0.15, 0.2) is 0 Å². The van der Waals surface area contributed by atoms with Crippen LogP contribution in [0.3, 0.4) is 0 Å². The summed E-state index contributed by atoms with van der Waals surface area (Å²) in [6.07, 6.45) is 3.14. The molecule has 25 heavy (non-hydrogen) atoms. The number of nitrogens with zero attached hydrogens (tertiary/aromatic N) is 1. The number of amides is 2. The number of para-hydroxylation sites is 1. The Hall–Kier alpha value is -3.15. The Kier molecular flexibility index (Phi) is 4.79. The molecule has 0 radical (unpaired) electrons. The molecule has 1 aromatic heterocycles. The van der Waals surface area contributed by atoms with Gasteiger partial charge in [0.05, 0.1) is 17.4 Å².